The van der Waals surface area contributed by atoms with Crippen molar-refractivity contribution in [3.8, 4) is 0 Å². The predicted octanol–water partition coefficient (Wildman–Crippen LogP) is 2.85. The van der Waals surface area contributed by atoms with E-state index in [2.05, 4.69) is 40.9 Å². The molecule has 0 aliphatic carbocycles. The van der Waals surface area contributed by atoms with Gasteiger partial charge in [-0.25, -0.2) is 0 Å². The predicted molar refractivity (Wildman–Crippen MR) is 91.6 cm³/mol. The summed E-state index contributed by atoms with van der Waals surface area (Å²) in [5.41, 5.74) is 2.05. The fourth-order valence-electron chi connectivity index (χ4n) is 3.21. The summed E-state index contributed by atoms with van der Waals surface area (Å²) in [4.78, 5) is 14.7. The van der Waals surface area contributed by atoms with Crippen LogP contribution in [0.5, 0.6) is 0 Å². The fraction of sp³-hybridized carbons (Fsp3) is 0.533. The summed E-state index contributed by atoms with van der Waals surface area (Å²) in [6, 6.07) is 6.64. The molecule has 3 nitrogen and oxygen atoms in total. The van der Waals surface area contributed by atoms with Crippen LogP contribution in [-0.4, -0.2) is 36.5 Å². The highest BCUT2D eigenvalue weighted by Gasteiger charge is 2.34. The monoisotopic (exact) mass is 406 g/mol. The molecule has 110 valence electrons. The van der Waals surface area contributed by atoms with Gasteiger partial charge in [-0.3, -0.25) is 4.79 Å². The van der Waals surface area contributed by atoms with Gasteiger partial charge < -0.3 is 10.2 Å². The summed E-state index contributed by atoms with van der Waals surface area (Å²) < 4.78 is 1.09. The van der Waals surface area contributed by atoms with Gasteiger partial charge in [0.25, 0.3) is 5.91 Å². The zero-order valence-corrected chi connectivity index (χ0v) is 14.5. The highest BCUT2D eigenvalue weighted by molar-refractivity contribution is 14.1. The second-order valence-corrected chi connectivity index (χ2v) is 6.66. The van der Waals surface area contributed by atoms with Gasteiger partial charge in [0.05, 0.1) is 5.56 Å². The Balaban J connectivity index is 0.00000147. The van der Waals surface area contributed by atoms with E-state index < -0.39 is 0 Å². The van der Waals surface area contributed by atoms with Crippen LogP contribution in [0, 0.1) is 16.4 Å². The van der Waals surface area contributed by atoms with Crippen LogP contribution in [0.2, 0.25) is 0 Å². The van der Waals surface area contributed by atoms with Crippen molar-refractivity contribution in [2.75, 3.05) is 19.6 Å². The van der Waals surface area contributed by atoms with E-state index in [4.69, 9.17) is 0 Å². The molecule has 0 bridgehead atoms. The molecule has 3 rings (SSSR count). The Morgan fingerprint density at radius 2 is 2.20 bits per heavy atom. The maximum atomic E-state index is 12.7. The van der Waals surface area contributed by atoms with Gasteiger partial charge in [-0.15, -0.1) is 12.4 Å². The van der Waals surface area contributed by atoms with Gasteiger partial charge in [-0.1, -0.05) is 12.1 Å². The molecule has 2 aliphatic rings. The van der Waals surface area contributed by atoms with Crippen LogP contribution in [-0.2, 0) is 0 Å². The molecule has 2 fully saturated rings. The van der Waals surface area contributed by atoms with Gasteiger partial charge in [0.1, 0.15) is 0 Å². The molecular weight excluding hydrogens is 387 g/mol. The third-order valence-electron chi connectivity index (χ3n) is 4.37. The molecule has 1 N–H and O–H groups in total. The first-order chi connectivity index (χ1) is 9.16. The first kappa shape index (κ1) is 16.0. The lowest BCUT2D eigenvalue weighted by atomic mass is 9.93. The van der Waals surface area contributed by atoms with Gasteiger partial charge in [0, 0.05) is 22.7 Å². The number of fused-ring (bicyclic) bond motifs is 1. The summed E-state index contributed by atoms with van der Waals surface area (Å²) in [6.07, 6.45) is 2.30. The number of amides is 1. The second kappa shape index (κ2) is 6.62. The number of hydrogen-bond acceptors (Lipinski definition) is 2. The number of nitrogens with one attached hydrogen (secondary N) is 1. The first-order valence-electron chi connectivity index (χ1n) is 6.94. The van der Waals surface area contributed by atoms with Crippen molar-refractivity contribution in [1.29, 1.82) is 0 Å². The molecule has 5 heteroatoms. The van der Waals surface area contributed by atoms with E-state index in [1.165, 1.54) is 12.0 Å². The topological polar surface area (TPSA) is 32.3 Å². The summed E-state index contributed by atoms with van der Waals surface area (Å²) in [5, 5.41) is 3.54. The number of halogens is 2. The minimum atomic E-state index is 0. The zero-order chi connectivity index (χ0) is 13.4. The number of hydrogen-bond donors (Lipinski definition) is 1. The number of likely N-dealkylation sites (tertiary alicyclic amines) is 1. The van der Waals surface area contributed by atoms with Crippen LogP contribution >= 0.6 is 35.0 Å². The van der Waals surface area contributed by atoms with E-state index in [0.29, 0.717) is 12.0 Å². The Morgan fingerprint density at radius 3 is 3.00 bits per heavy atom. The number of carbonyl (C=O) groups is 1. The van der Waals surface area contributed by atoms with Crippen LogP contribution in [0.3, 0.4) is 0 Å². The van der Waals surface area contributed by atoms with E-state index in [1.54, 1.807) is 0 Å². The van der Waals surface area contributed by atoms with E-state index >= 15 is 0 Å². The largest absolute Gasteiger partial charge is 0.338 e. The molecule has 0 saturated carbocycles. The van der Waals surface area contributed by atoms with Crippen molar-refractivity contribution < 1.29 is 4.79 Å². The summed E-state index contributed by atoms with van der Waals surface area (Å²) in [5.74, 6) is 0.860. The van der Waals surface area contributed by atoms with Crippen molar-refractivity contribution >= 4 is 40.9 Å². The molecule has 1 aromatic carbocycles. The number of piperidine rings is 1. The lowest BCUT2D eigenvalue weighted by Crippen LogP contribution is -2.47. The average molecular weight is 407 g/mol. The molecule has 2 heterocycles. The molecule has 2 aliphatic heterocycles. The summed E-state index contributed by atoms with van der Waals surface area (Å²) in [7, 11) is 0. The van der Waals surface area contributed by atoms with Gasteiger partial charge in [-0.05, 0) is 66.4 Å². The Hall–Kier alpha value is -0.330. The van der Waals surface area contributed by atoms with Crippen LogP contribution in [0.15, 0.2) is 18.2 Å². The molecule has 0 radical (unpaired) electrons. The van der Waals surface area contributed by atoms with Gasteiger partial charge in [0.15, 0.2) is 0 Å². The van der Waals surface area contributed by atoms with Crippen molar-refractivity contribution in [2.45, 2.75) is 25.8 Å². The van der Waals surface area contributed by atoms with E-state index in [9.17, 15) is 4.79 Å². The van der Waals surface area contributed by atoms with Gasteiger partial charge in [0.2, 0.25) is 0 Å². The zero-order valence-electron chi connectivity index (χ0n) is 11.6. The highest BCUT2D eigenvalue weighted by Crippen LogP contribution is 2.27. The Kier molecular flexibility index (Phi) is 5.31. The quantitative estimate of drug-likeness (QED) is 0.728. The molecule has 1 amide bonds. The summed E-state index contributed by atoms with van der Waals surface area (Å²) >= 11 is 2.29. The van der Waals surface area contributed by atoms with E-state index in [-0.39, 0.29) is 18.3 Å². The highest BCUT2D eigenvalue weighted by atomic mass is 127. The van der Waals surface area contributed by atoms with Crippen LogP contribution in [0.25, 0.3) is 0 Å². The average Bonchev–Trinajstić information content (AvgIpc) is 2.88. The van der Waals surface area contributed by atoms with Crippen molar-refractivity contribution in [3.63, 3.8) is 0 Å². The summed E-state index contributed by atoms with van der Waals surface area (Å²) in [6.45, 7) is 4.97. The number of carbonyl (C=O) groups excluding carboxylic acids is 1. The maximum Gasteiger partial charge on any atom is 0.254 e. The van der Waals surface area contributed by atoms with Gasteiger partial charge >= 0.3 is 0 Å². The second-order valence-electron chi connectivity index (χ2n) is 5.59. The molecule has 20 heavy (non-hydrogen) atoms. The smallest absolute Gasteiger partial charge is 0.254 e. The fourth-order valence-corrected chi connectivity index (χ4v) is 3.81. The number of nitrogens with zero attached hydrogens (tertiary/aromatic N) is 1. The molecule has 2 saturated heterocycles. The molecule has 2 unspecified atom stereocenters. The molecule has 2 atom stereocenters. The minimum Gasteiger partial charge on any atom is -0.338 e. The van der Waals surface area contributed by atoms with E-state index in [0.717, 1.165) is 35.2 Å². The number of rotatable bonds is 1. The standard InChI is InChI=1S/C15H19IN2O.ClH/c1-10-3-2-4-12(14(10)16)15(19)18-8-6-13-11(9-18)5-7-17-13;/h2-4,11,13,17H,5-9H2,1H3;1H. The lowest BCUT2D eigenvalue weighted by Gasteiger charge is -2.35. The SMILES string of the molecule is Cc1cccc(C(=O)N2CCC3NCCC3C2)c1I.Cl. The van der Waals surface area contributed by atoms with Crippen molar-refractivity contribution in [2.24, 2.45) is 5.92 Å². The Morgan fingerprint density at radius 1 is 1.40 bits per heavy atom. The van der Waals surface area contributed by atoms with E-state index in [1.807, 2.05) is 17.0 Å². The van der Waals surface area contributed by atoms with Crippen molar-refractivity contribution in [1.82, 2.24) is 10.2 Å². The minimum absolute atomic E-state index is 0. The van der Waals surface area contributed by atoms with Crippen LogP contribution < -0.4 is 5.32 Å². The molecule has 0 spiro atoms. The lowest BCUT2D eigenvalue weighted by molar-refractivity contribution is 0.0661. The maximum absolute atomic E-state index is 12.7. The molecule has 0 aromatic heterocycles. The first-order valence-corrected chi connectivity index (χ1v) is 8.02. The molecular formula is C15H20ClIN2O. The van der Waals surface area contributed by atoms with Crippen molar-refractivity contribution in [3.05, 3.63) is 32.9 Å². The third-order valence-corrected chi connectivity index (χ3v) is 5.80. The van der Waals surface area contributed by atoms with Gasteiger partial charge in [-0.2, -0.15) is 0 Å². The third kappa shape index (κ3) is 2.97. The number of benzene rings is 1. The van der Waals surface area contributed by atoms with Crippen LogP contribution in [0.1, 0.15) is 28.8 Å². The Bertz CT molecular complexity index is 509. The number of aryl methyl sites for hydroxylation is 1. The normalized spacial score (nSPS) is 25.0. The van der Waals surface area contributed by atoms with Crippen LogP contribution in [0.4, 0.5) is 0 Å². The molecule has 1 aromatic rings. The Labute approximate surface area is 140 Å².